The second kappa shape index (κ2) is 3.71. The van der Waals surface area contributed by atoms with E-state index >= 15 is 0 Å². The molecule has 1 heterocycles. The quantitative estimate of drug-likeness (QED) is 0.483. The zero-order valence-corrected chi connectivity index (χ0v) is 8.60. The van der Waals surface area contributed by atoms with Gasteiger partial charge in [0.1, 0.15) is 0 Å². The number of rotatable bonds is 2. The normalized spacial score (nSPS) is 26.0. The Labute approximate surface area is 73.6 Å². The van der Waals surface area contributed by atoms with E-state index in [1.807, 2.05) is 5.70 Å². The molecular formula is C7H14ClNOSi. The fraction of sp³-hybridized carbons (Fsp3) is 0.714. The summed E-state index contributed by atoms with van der Waals surface area (Å²) in [5.41, 5.74) is 1.90. The maximum Gasteiger partial charge on any atom is 0.249 e. The molecule has 0 bridgehead atoms. The molecule has 4 heteroatoms. The van der Waals surface area contributed by atoms with Gasteiger partial charge < -0.3 is 9.30 Å². The first kappa shape index (κ1) is 9.26. The Bertz CT molecular complexity index is 145. The van der Waals surface area contributed by atoms with Crippen LogP contribution in [0.4, 0.5) is 0 Å². The van der Waals surface area contributed by atoms with Gasteiger partial charge in [-0.3, -0.25) is 0 Å². The van der Waals surface area contributed by atoms with Crippen molar-refractivity contribution in [1.82, 2.24) is 4.57 Å². The number of nitrogens with zero attached hydrogens (tertiary/aromatic N) is 1. The number of hydrogen-bond donors (Lipinski definition) is 0. The van der Waals surface area contributed by atoms with E-state index < -0.39 is 7.55 Å². The van der Waals surface area contributed by atoms with Crippen LogP contribution in [-0.2, 0) is 4.74 Å². The van der Waals surface area contributed by atoms with E-state index in [-0.39, 0.29) is 0 Å². The van der Waals surface area contributed by atoms with Gasteiger partial charge in [-0.05, 0) is 6.55 Å². The van der Waals surface area contributed by atoms with Crippen LogP contribution < -0.4 is 0 Å². The predicted molar refractivity (Wildman–Crippen MR) is 50.1 cm³/mol. The summed E-state index contributed by atoms with van der Waals surface area (Å²) in [5.74, 6) is 0. The monoisotopic (exact) mass is 191 g/mol. The summed E-state index contributed by atoms with van der Waals surface area (Å²) in [4.78, 5) is 0. The molecule has 1 unspecified atom stereocenters. The van der Waals surface area contributed by atoms with Crippen molar-refractivity contribution in [2.75, 3.05) is 26.3 Å². The minimum Gasteiger partial charge on any atom is -0.379 e. The summed E-state index contributed by atoms with van der Waals surface area (Å²) in [6, 6.07) is 0. The third-order valence-corrected chi connectivity index (χ3v) is 5.61. The van der Waals surface area contributed by atoms with Crippen molar-refractivity contribution in [3.63, 3.8) is 0 Å². The standard InChI is InChI=1S/C7H14ClNOSi/c1-3-11(2,8)9-4-6-10-7-5-9/h3H,1,4-7H2,2H3. The van der Waals surface area contributed by atoms with E-state index in [4.69, 9.17) is 15.8 Å². The molecule has 1 rings (SSSR count). The highest BCUT2D eigenvalue weighted by Gasteiger charge is 2.30. The maximum atomic E-state index is 6.29. The second-order valence-electron chi connectivity index (χ2n) is 2.83. The van der Waals surface area contributed by atoms with Crippen molar-refractivity contribution < 1.29 is 4.74 Å². The largest absolute Gasteiger partial charge is 0.379 e. The molecule has 64 valence electrons. The molecule has 0 N–H and O–H groups in total. The molecule has 2 nitrogen and oxygen atoms in total. The van der Waals surface area contributed by atoms with E-state index in [9.17, 15) is 0 Å². The van der Waals surface area contributed by atoms with Gasteiger partial charge in [-0.2, -0.15) is 0 Å². The Balaban J connectivity index is 2.50. The van der Waals surface area contributed by atoms with E-state index in [0.717, 1.165) is 26.3 Å². The SMILES string of the molecule is C=C[Si](C)(Cl)N1CCOCC1. The molecule has 1 atom stereocenters. The van der Waals surface area contributed by atoms with Crippen molar-refractivity contribution in [3.8, 4) is 0 Å². The molecule has 0 aromatic rings. The Morgan fingerprint density at radius 3 is 2.55 bits per heavy atom. The summed E-state index contributed by atoms with van der Waals surface area (Å²) in [6.07, 6.45) is 0. The van der Waals surface area contributed by atoms with Crippen molar-refractivity contribution in [2.45, 2.75) is 6.55 Å². The lowest BCUT2D eigenvalue weighted by Crippen LogP contribution is -2.51. The summed E-state index contributed by atoms with van der Waals surface area (Å²) in [7, 11) is -1.79. The number of morpholine rings is 1. The number of halogens is 1. The molecule has 0 amide bonds. The molecule has 0 aliphatic carbocycles. The van der Waals surface area contributed by atoms with Crippen LogP contribution in [0.25, 0.3) is 0 Å². The molecule has 1 aliphatic rings. The summed E-state index contributed by atoms with van der Waals surface area (Å²) in [6.45, 7) is 9.38. The van der Waals surface area contributed by atoms with Crippen molar-refractivity contribution in [2.24, 2.45) is 0 Å². The van der Waals surface area contributed by atoms with Crippen LogP contribution in [0.3, 0.4) is 0 Å². The summed E-state index contributed by atoms with van der Waals surface area (Å²) >= 11 is 6.29. The topological polar surface area (TPSA) is 12.5 Å². The van der Waals surface area contributed by atoms with Crippen LogP contribution in [0.1, 0.15) is 0 Å². The minimum atomic E-state index is -1.79. The molecule has 1 aliphatic heterocycles. The highest BCUT2D eigenvalue weighted by atomic mass is 35.6. The van der Waals surface area contributed by atoms with Crippen LogP contribution in [0.5, 0.6) is 0 Å². The Kier molecular flexibility index (Phi) is 3.13. The Morgan fingerprint density at radius 2 is 2.09 bits per heavy atom. The Hall–Kier alpha value is 0.167. The molecule has 11 heavy (non-hydrogen) atoms. The molecule has 0 spiro atoms. The molecule has 0 aromatic heterocycles. The van der Waals surface area contributed by atoms with Crippen LogP contribution in [0.2, 0.25) is 6.55 Å². The van der Waals surface area contributed by atoms with Gasteiger partial charge in [0.2, 0.25) is 7.55 Å². The van der Waals surface area contributed by atoms with Gasteiger partial charge in [0.15, 0.2) is 0 Å². The van der Waals surface area contributed by atoms with E-state index in [2.05, 4.69) is 17.7 Å². The van der Waals surface area contributed by atoms with E-state index in [1.165, 1.54) is 0 Å². The molecule has 1 saturated heterocycles. The van der Waals surface area contributed by atoms with Gasteiger partial charge in [-0.25, -0.2) is 0 Å². The fourth-order valence-corrected chi connectivity index (χ4v) is 2.95. The first-order chi connectivity index (χ1) is 5.17. The molecular weight excluding hydrogens is 178 g/mol. The van der Waals surface area contributed by atoms with Crippen LogP contribution >= 0.6 is 11.1 Å². The lowest BCUT2D eigenvalue weighted by atomic mass is 10.5. The highest BCUT2D eigenvalue weighted by molar-refractivity contribution is 7.20. The maximum absolute atomic E-state index is 6.29. The zero-order chi connectivity index (χ0) is 8.32. The van der Waals surface area contributed by atoms with Crippen molar-refractivity contribution in [1.29, 1.82) is 0 Å². The molecule has 1 fully saturated rings. The van der Waals surface area contributed by atoms with Gasteiger partial charge in [-0.1, -0.05) is 5.70 Å². The number of hydrogen-bond acceptors (Lipinski definition) is 2. The molecule has 0 aromatic carbocycles. The first-order valence-corrected chi connectivity index (χ1v) is 7.36. The third kappa shape index (κ3) is 2.30. The molecule has 0 radical (unpaired) electrons. The molecule has 0 saturated carbocycles. The van der Waals surface area contributed by atoms with Gasteiger partial charge in [0.25, 0.3) is 0 Å². The predicted octanol–water partition coefficient (Wildman–Crippen LogP) is 1.35. The average molecular weight is 192 g/mol. The van der Waals surface area contributed by atoms with Crippen LogP contribution in [-0.4, -0.2) is 38.4 Å². The van der Waals surface area contributed by atoms with Crippen molar-refractivity contribution >= 4 is 18.6 Å². The van der Waals surface area contributed by atoms with E-state index in [1.54, 1.807) is 0 Å². The van der Waals surface area contributed by atoms with Gasteiger partial charge in [0, 0.05) is 13.1 Å². The third-order valence-electron chi connectivity index (χ3n) is 2.00. The van der Waals surface area contributed by atoms with E-state index in [0.29, 0.717) is 0 Å². The minimum absolute atomic E-state index is 0.809. The lowest BCUT2D eigenvalue weighted by Gasteiger charge is -2.34. The average Bonchev–Trinajstić information content (AvgIpc) is 2.06. The summed E-state index contributed by atoms with van der Waals surface area (Å²) in [5, 5.41) is 0. The second-order valence-corrected chi connectivity index (χ2v) is 8.21. The smallest absolute Gasteiger partial charge is 0.249 e. The Morgan fingerprint density at radius 1 is 1.55 bits per heavy atom. The van der Waals surface area contributed by atoms with Crippen molar-refractivity contribution in [3.05, 3.63) is 12.3 Å². The van der Waals surface area contributed by atoms with Gasteiger partial charge >= 0.3 is 0 Å². The van der Waals surface area contributed by atoms with Crippen LogP contribution in [0, 0.1) is 0 Å². The zero-order valence-electron chi connectivity index (χ0n) is 6.85. The lowest BCUT2D eigenvalue weighted by molar-refractivity contribution is 0.0707. The van der Waals surface area contributed by atoms with Crippen LogP contribution in [0.15, 0.2) is 12.3 Å². The van der Waals surface area contributed by atoms with Gasteiger partial charge in [0.05, 0.1) is 13.2 Å². The first-order valence-electron chi connectivity index (χ1n) is 3.82. The fourth-order valence-electron chi connectivity index (χ4n) is 1.13. The highest BCUT2D eigenvalue weighted by Crippen LogP contribution is 2.17. The summed E-state index contributed by atoms with van der Waals surface area (Å²) < 4.78 is 7.52. The number of ether oxygens (including phenoxy) is 1. The van der Waals surface area contributed by atoms with Gasteiger partial charge in [-0.15, -0.1) is 17.7 Å².